The smallest absolute Gasteiger partial charge is 0.410 e. The quantitative estimate of drug-likeness (QED) is 0.0700. The average molecular weight is 804 g/mol. The Balaban J connectivity index is 1.23. The molecule has 298 valence electrons. The first kappa shape index (κ1) is 40.0. The van der Waals surface area contributed by atoms with Crippen LogP contribution in [-0.2, 0) is 27.1 Å². The van der Waals surface area contributed by atoms with Gasteiger partial charge in [0.15, 0.2) is 5.65 Å². The van der Waals surface area contributed by atoms with E-state index in [9.17, 15) is 4.79 Å². The van der Waals surface area contributed by atoms with Gasteiger partial charge in [0.05, 0.1) is 17.6 Å². The lowest BCUT2D eigenvalue weighted by Crippen LogP contribution is -2.48. The van der Waals surface area contributed by atoms with Crippen LogP contribution in [0.4, 0.5) is 10.6 Å². The van der Waals surface area contributed by atoms with Crippen LogP contribution in [0.15, 0.2) is 30.6 Å². The van der Waals surface area contributed by atoms with Crippen LogP contribution in [0.2, 0.25) is 51.4 Å². The van der Waals surface area contributed by atoms with Crippen LogP contribution < -0.4 is 4.90 Å². The number of hydrogen-bond acceptors (Lipinski definition) is 10. The fourth-order valence-corrected chi connectivity index (χ4v) is 10.5. The maximum absolute atomic E-state index is 13.4. The molecule has 1 amide bonds. The Morgan fingerprint density at radius 2 is 1.60 bits per heavy atom. The van der Waals surface area contributed by atoms with Gasteiger partial charge in [-0.2, -0.15) is 9.61 Å². The number of carbonyl (C=O) groups is 1. The highest BCUT2D eigenvalue weighted by Gasteiger charge is 2.45. The summed E-state index contributed by atoms with van der Waals surface area (Å²) in [6.07, 6.45) is 10.7. The largest absolute Gasteiger partial charge is 0.444 e. The molecular formula is C41H61N7O4SSi2. The SMILES string of the molecule is CC(C)(C)OC(=O)N1[C@@H]2CC[C@H]1CC(c1cc(N(COCC[Si](C)(C)C)COCC[Si](C)(C)C)n3ncc(-c4ccc(-c5nc6c(s5)CCC6)nc4)c3n1)C2. The van der Waals surface area contributed by atoms with Gasteiger partial charge in [0.1, 0.15) is 29.9 Å². The van der Waals surface area contributed by atoms with Crippen LogP contribution in [0.3, 0.4) is 0 Å². The Morgan fingerprint density at radius 1 is 0.927 bits per heavy atom. The maximum atomic E-state index is 13.4. The lowest BCUT2D eigenvalue weighted by Gasteiger charge is -2.39. The van der Waals surface area contributed by atoms with E-state index in [1.165, 1.54) is 17.0 Å². The first-order chi connectivity index (χ1) is 26.0. The van der Waals surface area contributed by atoms with Crippen LogP contribution in [-0.4, -0.2) is 96.1 Å². The molecule has 0 aromatic carbocycles. The highest BCUT2D eigenvalue weighted by molar-refractivity contribution is 7.15. The van der Waals surface area contributed by atoms with Gasteiger partial charge in [-0.1, -0.05) is 45.3 Å². The molecule has 14 heteroatoms. The molecule has 2 aliphatic heterocycles. The fraction of sp³-hybridized carbons (Fsp3) is 0.634. The molecule has 4 aromatic rings. The number of aryl methyl sites for hydroxylation is 2. The minimum atomic E-state index is -1.28. The zero-order valence-corrected chi connectivity index (χ0v) is 37.3. The van der Waals surface area contributed by atoms with Gasteiger partial charge >= 0.3 is 6.09 Å². The van der Waals surface area contributed by atoms with E-state index in [1.807, 2.05) is 42.6 Å². The summed E-state index contributed by atoms with van der Waals surface area (Å²) in [6, 6.07) is 8.82. The van der Waals surface area contributed by atoms with Crippen LogP contribution in [0.25, 0.3) is 27.5 Å². The molecule has 0 N–H and O–H groups in total. The Hall–Kier alpha value is -3.18. The number of amides is 1. The monoisotopic (exact) mass is 803 g/mol. The lowest BCUT2D eigenvalue weighted by atomic mass is 9.88. The molecule has 0 radical (unpaired) electrons. The molecule has 3 atom stereocenters. The van der Waals surface area contributed by atoms with Crippen LogP contribution in [0.5, 0.6) is 0 Å². The molecule has 7 rings (SSSR count). The number of ether oxygens (including phenoxy) is 3. The number of carbonyl (C=O) groups excluding carboxylic acids is 1. The minimum Gasteiger partial charge on any atom is -0.444 e. The summed E-state index contributed by atoms with van der Waals surface area (Å²) in [5.74, 6) is 1.08. The molecule has 6 heterocycles. The van der Waals surface area contributed by atoms with Crippen molar-refractivity contribution in [2.24, 2.45) is 0 Å². The minimum absolute atomic E-state index is 0.124. The van der Waals surface area contributed by atoms with Crippen molar-refractivity contribution in [2.45, 2.75) is 141 Å². The second kappa shape index (κ2) is 16.0. The fourth-order valence-electron chi connectivity index (χ4n) is 7.89. The first-order valence-electron chi connectivity index (χ1n) is 20.3. The van der Waals surface area contributed by atoms with E-state index in [4.69, 9.17) is 34.3 Å². The van der Waals surface area contributed by atoms with Crippen LogP contribution in [0.1, 0.15) is 75.1 Å². The molecule has 2 bridgehead atoms. The highest BCUT2D eigenvalue weighted by Crippen LogP contribution is 2.44. The third kappa shape index (κ3) is 9.69. The third-order valence-corrected chi connectivity index (χ3v) is 15.5. The molecule has 1 unspecified atom stereocenters. The number of hydrogen-bond donors (Lipinski definition) is 0. The molecule has 0 spiro atoms. The molecular weight excluding hydrogens is 743 g/mol. The number of fused-ring (bicyclic) bond motifs is 4. The topological polar surface area (TPSA) is 107 Å². The van der Waals surface area contributed by atoms with Gasteiger partial charge in [0.25, 0.3) is 0 Å². The van der Waals surface area contributed by atoms with E-state index < -0.39 is 21.7 Å². The van der Waals surface area contributed by atoms with Crippen LogP contribution >= 0.6 is 11.3 Å². The standard InChI is InChI=1S/C41H61N7O4SSi2/c1-41(2,3)52-40(49)47-30-14-15-31(47)22-29(21-30)35-23-37(46(26-50-17-19-54(4,5)6)27-51-18-20-55(7,8)9)48-38(44-35)32(25-43-48)28-13-16-34(42-24-28)39-45-33-11-10-12-36(33)53-39/h13,16,23-25,29-31H,10-12,14-15,17-22,26-27H2,1-9H3/t29?,30-,31+. The van der Waals surface area contributed by atoms with Crippen molar-refractivity contribution in [1.82, 2.24) is 29.5 Å². The molecule has 1 aliphatic carbocycles. The van der Waals surface area contributed by atoms with Crippen molar-refractivity contribution in [1.29, 1.82) is 0 Å². The summed E-state index contributed by atoms with van der Waals surface area (Å²) in [7, 11) is -2.55. The van der Waals surface area contributed by atoms with Gasteiger partial charge < -0.3 is 24.0 Å². The normalized spacial score (nSPS) is 20.0. The molecule has 3 aliphatic rings. The maximum Gasteiger partial charge on any atom is 0.410 e. The highest BCUT2D eigenvalue weighted by atomic mass is 32.1. The van der Waals surface area contributed by atoms with E-state index in [2.05, 4.69) is 62.4 Å². The summed E-state index contributed by atoms with van der Waals surface area (Å²) < 4.78 is 20.6. The Bertz CT molecular complexity index is 1910. The predicted octanol–water partition coefficient (Wildman–Crippen LogP) is 9.48. The van der Waals surface area contributed by atoms with Crippen molar-refractivity contribution in [2.75, 3.05) is 31.6 Å². The van der Waals surface area contributed by atoms with Gasteiger partial charge in [0.2, 0.25) is 0 Å². The third-order valence-electron chi connectivity index (χ3n) is 10.9. The number of anilines is 1. The van der Waals surface area contributed by atoms with Crippen molar-refractivity contribution >= 4 is 45.0 Å². The molecule has 4 aromatic heterocycles. The number of piperidine rings is 1. The summed E-state index contributed by atoms with van der Waals surface area (Å²) in [5, 5.41) is 5.96. The van der Waals surface area contributed by atoms with E-state index in [0.29, 0.717) is 26.7 Å². The molecule has 2 saturated heterocycles. The van der Waals surface area contributed by atoms with Gasteiger partial charge in [-0.15, -0.1) is 11.3 Å². The second-order valence-corrected chi connectivity index (χ2v) is 31.5. The van der Waals surface area contributed by atoms with Crippen molar-refractivity contribution in [3.8, 4) is 21.8 Å². The van der Waals surface area contributed by atoms with Crippen molar-refractivity contribution in [3.63, 3.8) is 0 Å². The number of rotatable bonds is 14. The Labute approximate surface area is 333 Å². The van der Waals surface area contributed by atoms with E-state index in [1.54, 1.807) is 11.3 Å². The van der Waals surface area contributed by atoms with Gasteiger partial charge in [-0.3, -0.25) is 4.98 Å². The van der Waals surface area contributed by atoms with E-state index in [-0.39, 0.29) is 24.1 Å². The van der Waals surface area contributed by atoms with Gasteiger partial charge in [-0.05, 0) is 83.9 Å². The lowest BCUT2D eigenvalue weighted by molar-refractivity contribution is 0.00568. The summed E-state index contributed by atoms with van der Waals surface area (Å²) in [5.41, 5.74) is 5.30. The average Bonchev–Trinajstić information content (AvgIpc) is 3.88. The number of aromatic nitrogens is 5. The summed E-state index contributed by atoms with van der Waals surface area (Å²) in [6.45, 7) is 22.3. The summed E-state index contributed by atoms with van der Waals surface area (Å²) >= 11 is 1.77. The van der Waals surface area contributed by atoms with E-state index >= 15 is 0 Å². The predicted molar refractivity (Wildman–Crippen MR) is 227 cm³/mol. The zero-order chi connectivity index (χ0) is 39.1. The second-order valence-electron chi connectivity index (χ2n) is 19.2. The number of pyridine rings is 1. The van der Waals surface area contributed by atoms with Crippen LogP contribution in [0, 0.1) is 0 Å². The molecule has 0 saturated carbocycles. The summed E-state index contributed by atoms with van der Waals surface area (Å²) in [4.78, 5) is 34.2. The Kier molecular flexibility index (Phi) is 11.6. The number of nitrogens with zero attached hydrogens (tertiary/aromatic N) is 7. The first-order valence-corrected chi connectivity index (χ1v) is 28.5. The molecule has 11 nitrogen and oxygen atoms in total. The van der Waals surface area contributed by atoms with Gasteiger partial charge in [-0.25, -0.2) is 14.8 Å². The number of thiazole rings is 1. The van der Waals surface area contributed by atoms with Crippen molar-refractivity contribution < 1.29 is 19.0 Å². The molecule has 55 heavy (non-hydrogen) atoms. The van der Waals surface area contributed by atoms with Crippen molar-refractivity contribution in [3.05, 3.63) is 46.9 Å². The molecule has 2 fully saturated rings. The Morgan fingerprint density at radius 3 is 2.18 bits per heavy atom. The van der Waals surface area contributed by atoms with E-state index in [0.717, 1.165) is 89.6 Å². The van der Waals surface area contributed by atoms with Gasteiger partial charge in [0, 0.05) is 81.3 Å². The zero-order valence-electron chi connectivity index (χ0n) is 34.5.